The number of anilines is 2. The van der Waals surface area contributed by atoms with Crippen LogP contribution in [-0.4, -0.2) is 22.2 Å². The summed E-state index contributed by atoms with van der Waals surface area (Å²) in [5, 5.41) is 20.9. The van der Waals surface area contributed by atoms with Gasteiger partial charge in [-0.25, -0.2) is 9.59 Å². The molecule has 2 aromatic rings. The van der Waals surface area contributed by atoms with Crippen molar-refractivity contribution >= 4 is 23.3 Å². The van der Waals surface area contributed by atoms with E-state index in [1.807, 2.05) is 30.3 Å². The van der Waals surface area contributed by atoms with Gasteiger partial charge in [-0.05, 0) is 30.3 Å². The first kappa shape index (κ1) is 12.6. The second-order valence-corrected chi connectivity index (χ2v) is 3.86. The van der Waals surface area contributed by atoms with Crippen molar-refractivity contribution in [2.75, 3.05) is 5.32 Å². The van der Waals surface area contributed by atoms with Crippen LogP contribution in [0.3, 0.4) is 0 Å². The predicted octanol–water partition coefficient (Wildman–Crippen LogP) is 2.83. The molecule has 0 bridgehead atoms. The molecule has 0 saturated carbocycles. The topological polar surface area (TPSA) is 86.6 Å². The highest BCUT2D eigenvalue weighted by molar-refractivity contribution is 6.02. The van der Waals surface area contributed by atoms with Crippen LogP contribution in [0.15, 0.2) is 48.5 Å². The predicted molar refractivity (Wildman–Crippen MR) is 70.1 cm³/mol. The number of para-hydroxylation sites is 1. The summed E-state index contributed by atoms with van der Waals surface area (Å²) < 4.78 is 0. The van der Waals surface area contributed by atoms with E-state index in [-0.39, 0.29) is 11.1 Å². The van der Waals surface area contributed by atoms with E-state index in [9.17, 15) is 9.59 Å². The molecule has 0 atom stereocenters. The van der Waals surface area contributed by atoms with Gasteiger partial charge in [0.25, 0.3) is 0 Å². The lowest BCUT2D eigenvalue weighted by atomic mass is 10.1. The molecular weight excluding hydrogens is 246 g/mol. The molecule has 0 heterocycles. The molecule has 0 fully saturated rings. The molecule has 96 valence electrons. The summed E-state index contributed by atoms with van der Waals surface area (Å²) >= 11 is 0. The van der Waals surface area contributed by atoms with Crippen LogP contribution in [0, 0.1) is 0 Å². The van der Waals surface area contributed by atoms with Crippen LogP contribution in [0.4, 0.5) is 11.4 Å². The fourth-order valence-corrected chi connectivity index (χ4v) is 1.67. The van der Waals surface area contributed by atoms with Crippen LogP contribution in [0.2, 0.25) is 0 Å². The van der Waals surface area contributed by atoms with Crippen LogP contribution in [0.1, 0.15) is 20.7 Å². The van der Waals surface area contributed by atoms with Crippen LogP contribution in [0.5, 0.6) is 0 Å². The zero-order chi connectivity index (χ0) is 13.8. The Bertz CT molecular complexity index is 623. The van der Waals surface area contributed by atoms with E-state index in [2.05, 4.69) is 5.32 Å². The van der Waals surface area contributed by atoms with E-state index in [1.165, 1.54) is 18.2 Å². The SMILES string of the molecule is O=C(O)c1ccc(Nc2ccccc2)cc1C(=O)O. The number of carboxylic acid groups (broad SMARTS) is 2. The smallest absolute Gasteiger partial charge is 0.336 e. The summed E-state index contributed by atoms with van der Waals surface area (Å²) in [7, 11) is 0. The minimum atomic E-state index is -1.27. The molecular formula is C14H11NO4. The maximum Gasteiger partial charge on any atom is 0.336 e. The summed E-state index contributed by atoms with van der Waals surface area (Å²) in [6, 6.07) is 13.3. The Kier molecular flexibility index (Phi) is 3.47. The average Bonchev–Trinajstić information content (AvgIpc) is 2.39. The van der Waals surface area contributed by atoms with E-state index in [4.69, 9.17) is 10.2 Å². The van der Waals surface area contributed by atoms with Crippen molar-refractivity contribution in [3.05, 3.63) is 59.7 Å². The Morgan fingerprint density at radius 2 is 1.42 bits per heavy atom. The average molecular weight is 257 g/mol. The third kappa shape index (κ3) is 2.90. The minimum Gasteiger partial charge on any atom is -0.478 e. The first-order valence-electron chi connectivity index (χ1n) is 5.50. The first-order valence-corrected chi connectivity index (χ1v) is 5.50. The van der Waals surface area contributed by atoms with Crippen LogP contribution in [0.25, 0.3) is 0 Å². The second kappa shape index (κ2) is 5.22. The first-order chi connectivity index (χ1) is 9.08. The number of benzene rings is 2. The molecule has 3 N–H and O–H groups in total. The van der Waals surface area contributed by atoms with Crippen molar-refractivity contribution in [3.63, 3.8) is 0 Å². The summed E-state index contributed by atoms with van der Waals surface area (Å²) in [5.74, 6) is -2.53. The van der Waals surface area contributed by atoms with E-state index < -0.39 is 11.9 Å². The molecule has 0 saturated heterocycles. The lowest BCUT2D eigenvalue weighted by Crippen LogP contribution is -2.08. The Hall–Kier alpha value is -2.82. The highest BCUT2D eigenvalue weighted by Crippen LogP contribution is 2.20. The number of nitrogens with one attached hydrogen (secondary N) is 1. The van der Waals surface area contributed by atoms with Gasteiger partial charge in [0.2, 0.25) is 0 Å². The highest BCUT2D eigenvalue weighted by atomic mass is 16.4. The summed E-state index contributed by atoms with van der Waals surface area (Å²) in [6.45, 7) is 0. The Morgan fingerprint density at radius 3 is 2.00 bits per heavy atom. The summed E-state index contributed by atoms with van der Waals surface area (Å²) in [5.41, 5.74) is 0.843. The van der Waals surface area contributed by atoms with Crippen LogP contribution in [-0.2, 0) is 0 Å². The van der Waals surface area contributed by atoms with Gasteiger partial charge in [-0.15, -0.1) is 0 Å². The molecule has 0 radical (unpaired) electrons. The largest absolute Gasteiger partial charge is 0.478 e. The van der Waals surface area contributed by atoms with Gasteiger partial charge in [0, 0.05) is 11.4 Å². The summed E-state index contributed by atoms with van der Waals surface area (Å²) in [4.78, 5) is 22.0. The van der Waals surface area contributed by atoms with Gasteiger partial charge in [-0.2, -0.15) is 0 Å². The van der Waals surface area contributed by atoms with Crippen LogP contribution < -0.4 is 5.32 Å². The molecule has 0 spiro atoms. The molecule has 19 heavy (non-hydrogen) atoms. The number of aromatic carboxylic acids is 2. The number of hydrogen-bond donors (Lipinski definition) is 3. The molecule has 5 heteroatoms. The maximum atomic E-state index is 11.0. The molecule has 0 aromatic heterocycles. The van der Waals surface area contributed by atoms with Crippen molar-refractivity contribution in [3.8, 4) is 0 Å². The lowest BCUT2D eigenvalue weighted by Gasteiger charge is -2.08. The third-order valence-corrected chi connectivity index (χ3v) is 2.54. The number of hydrogen-bond acceptors (Lipinski definition) is 3. The van der Waals surface area contributed by atoms with Crippen molar-refractivity contribution in [2.45, 2.75) is 0 Å². The Balaban J connectivity index is 2.36. The Labute approximate surface area is 109 Å². The van der Waals surface area contributed by atoms with Crippen molar-refractivity contribution < 1.29 is 19.8 Å². The standard InChI is InChI=1S/C14H11NO4/c16-13(17)11-7-6-10(8-12(11)14(18)19)15-9-4-2-1-3-5-9/h1-8,15H,(H,16,17)(H,18,19). The normalized spacial score (nSPS) is 9.89. The molecule has 0 unspecified atom stereocenters. The summed E-state index contributed by atoms with van der Waals surface area (Å²) in [6.07, 6.45) is 0. The lowest BCUT2D eigenvalue weighted by molar-refractivity contribution is 0.0651. The van der Waals surface area contributed by atoms with E-state index in [0.29, 0.717) is 5.69 Å². The third-order valence-electron chi connectivity index (χ3n) is 2.54. The van der Waals surface area contributed by atoms with E-state index in [0.717, 1.165) is 5.69 Å². The molecule has 2 aromatic carbocycles. The quantitative estimate of drug-likeness (QED) is 0.784. The van der Waals surface area contributed by atoms with Gasteiger partial charge in [0.1, 0.15) is 0 Å². The van der Waals surface area contributed by atoms with Crippen molar-refractivity contribution in [1.29, 1.82) is 0 Å². The minimum absolute atomic E-state index is 0.230. The maximum absolute atomic E-state index is 11.0. The fraction of sp³-hybridized carbons (Fsp3) is 0. The molecule has 0 aliphatic heterocycles. The molecule has 2 rings (SSSR count). The zero-order valence-corrected chi connectivity index (χ0v) is 9.83. The monoisotopic (exact) mass is 257 g/mol. The van der Waals surface area contributed by atoms with Gasteiger partial charge in [0.15, 0.2) is 0 Å². The molecule has 0 aliphatic rings. The molecule has 0 aliphatic carbocycles. The zero-order valence-electron chi connectivity index (χ0n) is 9.83. The van der Waals surface area contributed by atoms with E-state index >= 15 is 0 Å². The number of rotatable bonds is 4. The van der Waals surface area contributed by atoms with E-state index in [1.54, 1.807) is 0 Å². The van der Waals surface area contributed by atoms with Gasteiger partial charge in [-0.1, -0.05) is 18.2 Å². The van der Waals surface area contributed by atoms with Crippen molar-refractivity contribution in [1.82, 2.24) is 0 Å². The number of carboxylic acids is 2. The van der Waals surface area contributed by atoms with Gasteiger partial charge < -0.3 is 15.5 Å². The number of carbonyl (C=O) groups is 2. The second-order valence-electron chi connectivity index (χ2n) is 3.86. The van der Waals surface area contributed by atoms with Gasteiger partial charge in [0.05, 0.1) is 11.1 Å². The highest BCUT2D eigenvalue weighted by Gasteiger charge is 2.16. The van der Waals surface area contributed by atoms with Gasteiger partial charge >= 0.3 is 11.9 Å². The van der Waals surface area contributed by atoms with Crippen LogP contribution >= 0.6 is 0 Å². The van der Waals surface area contributed by atoms with Crippen molar-refractivity contribution in [2.24, 2.45) is 0 Å². The molecule has 5 nitrogen and oxygen atoms in total. The molecule has 0 amide bonds. The fourth-order valence-electron chi connectivity index (χ4n) is 1.67. The van der Waals surface area contributed by atoms with Gasteiger partial charge in [-0.3, -0.25) is 0 Å². The Morgan fingerprint density at radius 1 is 0.789 bits per heavy atom.